The van der Waals surface area contributed by atoms with Crippen molar-refractivity contribution in [2.45, 2.75) is 19.3 Å². The Balaban J connectivity index is 2.13. The van der Waals surface area contributed by atoms with Crippen molar-refractivity contribution >= 4 is 33.3 Å². The third-order valence-electron chi connectivity index (χ3n) is 3.05. The molecule has 1 aliphatic rings. The molecule has 0 spiro atoms. The van der Waals surface area contributed by atoms with Gasteiger partial charge in [0.25, 0.3) is 0 Å². The molecule has 2 heterocycles. The average molecular weight is 321 g/mol. The maximum absolute atomic E-state index is 9.00. The first kappa shape index (κ1) is 13.1. The van der Waals surface area contributed by atoms with E-state index in [1.54, 1.807) is 6.20 Å². The van der Waals surface area contributed by atoms with Crippen molar-refractivity contribution in [2.75, 3.05) is 24.6 Å². The molecule has 1 fully saturated rings. The Labute approximate surface area is 114 Å². The van der Waals surface area contributed by atoms with Crippen LogP contribution in [0.5, 0.6) is 0 Å². The Morgan fingerprint density at radius 1 is 1.59 bits per heavy atom. The lowest BCUT2D eigenvalue weighted by atomic mass is 9.95. The van der Waals surface area contributed by atoms with E-state index in [9.17, 15) is 0 Å². The van der Waals surface area contributed by atoms with Gasteiger partial charge in [-0.3, -0.25) is 0 Å². The number of hydrogen-bond donors (Lipinski definition) is 1. The average Bonchev–Trinajstić information content (AvgIpc) is 2.33. The van der Waals surface area contributed by atoms with E-state index in [4.69, 9.17) is 16.7 Å². The lowest BCUT2D eigenvalue weighted by molar-refractivity contribution is 0.244. The number of aliphatic hydroxyl groups is 1. The molecule has 1 atom stereocenters. The number of halogens is 2. The van der Waals surface area contributed by atoms with E-state index < -0.39 is 0 Å². The molecule has 1 aromatic heterocycles. The third-order valence-corrected chi connectivity index (χ3v) is 3.79. The first-order valence-corrected chi connectivity index (χ1v) is 6.91. The lowest BCUT2D eigenvalue weighted by Gasteiger charge is -2.33. The van der Waals surface area contributed by atoms with Crippen LogP contribution in [0.2, 0.25) is 5.28 Å². The Morgan fingerprint density at radius 3 is 3.18 bits per heavy atom. The summed E-state index contributed by atoms with van der Waals surface area (Å²) < 4.78 is 0.867. The number of anilines is 1. The standard InChI is InChI=1S/C11H15BrClN3O/c12-9-6-14-11(13)15-10(9)16-4-1-2-8(7-16)3-5-17/h6,8,17H,1-5,7H2. The van der Waals surface area contributed by atoms with E-state index in [0.29, 0.717) is 5.92 Å². The topological polar surface area (TPSA) is 49.2 Å². The number of aliphatic hydroxyl groups excluding tert-OH is 1. The van der Waals surface area contributed by atoms with Crippen LogP contribution in [0.4, 0.5) is 5.82 Å². The number of aromatic nitrogens is 2. The van der Waals surface area contributed by atoms with Crippen LogP contribution in [0.25, 0.3) is 0 Å². The highest BCUT2D eigenvalue weighted by molar-refractivity contribution is 9.10. The highest BCUT2D eigenvalue weighted by Gasteiger charge is 2.22. The minimum absolute atomic E-state index is 0.254. The molecule has 0 amide bonds. The smallest absolute Gasteiger partial charge is 0.224 e. The highest BCUT2D eigenvalue weighted by atomic mass is 79.9. The van der Waals surface area contributed by atoms with E-state index >= 15 is 0 Å². The maximum Gasteiger partial charge on any atom is 0.224 e. The number of rotatable bonds is 3. The molecule has 1 saturated heterocycles. The second-order valence-corrected chi connectivity index (χ2v) is 5.47. The zero-order valence-electron chi connectivity index (χ0n) is 9.44. The Morgan fingerprint density at radius 2 is 2.41 bits per heavy atom. The van der Waals surface area contributed by atoms with Gasteiger partial charge >= 0.3 is 0 Å². The highest BCUT2D eigenvalue weighted by Crippen LogP contribution is 2.29. The second-order valence-electron chi connectivity index (χ2n) is 4.28. The molecule has 0 aromatic carbocycles. The fourth-order valence-electron chi connectivity index (χ4n) is 2.23. The van der Waals surface area contributed by atoms with Crippen LogP contribution >= 0.6 is 27.5 Å². The van der Waals surface area contributed by atoms with Crippen LogP contribution < -0.4 is 4.90 Å². The van der Waals surface area contributed by atoms with Gasteiger partial charge in [-0.25, -0.2) is 4.98 Å². The van der Waals surface area contributed by atoms with Gasteiger partial charge in [0.1, 0.15) is 5.82 Å². The van der Waals surface area contributed by atoms with E-state index in [2.05, 4.69) is 30.8 Å². The molecule has 6 heteroatoms. The molecule has 1 N–H and O–H groups in total. The molecule has 0 saturated carbocycles. The van der Waals surface area contributed by atoms with Gasteiger partial charge in [-0.2, -0.15) is 4.98 Å². The van der Waals surface area contributed by atoms with Crippen molar-refractivity contribution in [3.8, 4) is 0 Å². The zero-order valence-corrected chi connectivity index (χ0v) is 11.8. The Bertz CT molecular complexity index is 389. The Hall–Kier alpha value is -0.390. The Kier molecular flexibility index (Phi) is 4.59. The SMILES string of the molecule is OCCC1CCCN(c2nc(Cl)ncc2Br)C1. The van der Waals surface area contributed by atoms with Gasteiger partial charge in [0, 0.05) is 25.9 Å². The van der Waals surface area contributed by atoms with E-state index in [1.807, 2.05) is 0 Å². The van der Waals surface area contributed by atoms with Gasteiger partial charge in [0.05, 0.1) is 4.47 Å². The van der Waals surface area contributed by atoms with Crippen LogP contribution in [-0.2, 0) is 0 Å². The van der Waals surface area contributed by atoms with Gasteiger partial charge in [-0.05, 0) is 52.7 Å². The van der Waals surface area contributed by atoms with E-state index in [1.165, 1.54) is 6.42 Å². The zero-order chi connectivity index (χ0) is 12.3. The summed E-state index contributed by atoms with van der Waals surface area (Å²) in [5.74, 6) is 1.39. The van der Waals surface area contributed by atoms with Crippen LogP contribution in [0.15, 0.2) is 10.7 Å². The van der Waals surface area contributed by atoms with Gasteiger partial charge in [-0.1, -0.05) is 0 Å². The summed E-state index contributed by atoms with van der Waals surface area (Å²) in [6.45, 7) is 2.16. The van der Waals surface area contributed by atoms with Crippen molar-refractivity contribution in [3.63, 3.8) is 0 Å². The summed E-state index contributed by atoms with van der Waals surface area (Å²) in [6, 6.07) is 0. The van der Waals surface area contributed by atoms with Gasteiger partial charge in [0.2, 0.25) is 5.28 Å². The second kappa shape index (κ2) is 5.98. The molecule has 1 unspecified atom stereocenters. The molecule has 0 bridgehead atoms. The molecule has 0 aliphatic carbocycles. The van der Waals surface area contributed by atoms with Crippen molar-refractivity contribution in [2.24, 2.45) is 5.92 Å². The molecule has 17 heavy (non-hydrogen) atoms. The monoisotopic (exact) mass is 319 g/mol. The molecule has 4 nitrogen and oxygen atoms in total. The summed E-state index contributed by atoms with van der Waals surface area (Å²) in [7, 11) is 0. The molecule has 1 aliphatic heterocycles. The quantitative estimate of drug-likeness (QED) is 0.869. The fraction of sp³-hybridized carbons (Fsp3) is 0.636. The summed E-state index contributed by atoms with van der Waals surface area (Å²) in [5.41, 5.74) is 0. The number of nitrogens with zero attached hydrogens (tertiary/aromatic N) is 3. The normalized spacial score (nSPS) is 20.6. The lowest BCUT2D eigenvalue weighted by Crippen LogP contribution is -2.36. The van der Waals surface area contributed by atoms with E-state index in [-0.39, 0.29) is 11.9 Å². The van der Waals surface area contributed by atoms with Gasteiger partial charge in [-0.15, -0.1) is 0 Å². The molecule has 2 rings (SSSR count). The van der Waals surface area contributed by atoms with Crippen LogP contribution in [0.3, 0.4) is 0 Å². The predicted octanol–water partition coefficient (Wildman–Crippen LogP) is 2.49. The van der Waals surface area contributed by atoms with Crippen LogP contribution in [0.1, 0.15) is 19.3 Å². The molecule has 1 aromatic rings. The summed E-state index contributed by atoms with van der Waals surface area (Å²) in [6.07, 6.45) is 4.83. The van der Waals surface area contributed by atoms with Crippen LogP contribution in [-0.4, -0.2) is 34.8 Å². The number of hydrogen-bond acceptors (Lipinski definition) is 4. The molecular weight excluding hydrogens is 305 g/mol. The summed E-state index contributed by atoms with van der Waals surface area (Å²) in [4.78, 5) is 10.4. The minimum Gasteiger partial charge on any atom is -0.396 e. The van der Waals surface area contributed by atoms with E-state index in [0.717, 1.165) is 36.2 Å². The maximum atomic E-state index is 9.00. The largest absolute Gasteiger partial charge is 0.396 e. The minimum atomic E-state index is 0.254. The molecule has 0 radical (unpaired) electrons. The van der Waals surface area contributed by atoms with Gasteiger partial charge in [0.15, 0.2) is 0 Å². The summed E-state index contributed by atoms with van der Waals surface area (Å²) >= 11 is 9.27. The molecule has 94 valence electrons. The van der Waals surface area contributed by atoms with Crippen molar-refractivity contribution < 1.29 is 5.11 Å². The van der Waals surface area contributed by atoms with Crippen molar-refractivity contribution in [1.29, 1.82) is 0 Å². The van der Waals surface area contributed by atoms with Gasteiger partial charge < -0.3 is 10.0 Å². The molecular formula is C11H15BrClN3O. The van der Waals surface area contributed by atoms with Crippen molar-refractivity contribution in [1.82, 2.24) is 9.97 Å². The third kappa shape index (κ3) is 3.30. The fourth-order valence-corrected chi connectivity index (χ4v) is 2.81. The summed E-state index contributed by atoms with van der Waals surface area (Å²) in [5, 5.41) is 9.27. The van der Waals surface area contributed by atoms with Crippen LogP contribution in [0, 0.1) is 5.92 Å². The predicted molar refractivity (Wildman–Crippen MR) is 71.4 cm³/mol. The van der Waals surface area contributed by atoms with Crippen molar-refractivity contribution in [3.05, 3.63) is 16.0 Å². The number of piperidine rings is 1. The first-order valence-electron chi connectivity index (χ1n) is 5.74. The first-order chi connectivity index (χ1) is 8.20.